The van der Waals surface area contributed by atoms with Gasteiger partial charge in [-0.25, -0.2) is 0 Å². The highest BCUT2D eigenvalue weighted by Crippen LogP contribution is 2.24. The van der Waals surface area contributed by atoms with Crippen molar-refractivity contribution in [1.29, 1.82) is 0 Å². The Morgan fingerprint density at radius 3 is 2.24 bits per heavy atom. The molecule has 1 N–H and O–H groups in total. The monoisotopic (exact) mass is 245 g/mol. The molecule has 0 radical (unpaired) electrons. The van der Waals surface area contributed by atoms with Crippen LogP contribution in [0.25, 0.3) is 0 Å². The second kappa shape index (κ2) is 5.62. The van der Waals surface area contributed by atoms with Gasteiger partial charge in [0, 0.05) is 27.3 Å². The Bertz CT molecular complexity index is 305. The van der Waals surface area contributed by atoms with E-state index in [4.69, 9.17) is 14.2 Å². The summed E-state index contributed by atoms with van der Waals surface area (Å²) in [5.74, 6) is -1.44. The summed E-state index contributed by atoms with van der Waals surface area (Å²) in [6.07, 6.45) is -2.40. The van der Waals surface area contributed by atoms with Crippen LogP contribution in [-0.4, -0.2) is 43.4 Å². The van der Waals surface area contributed by atoms with Crippen molar-refractivity contribution in [3.63, 3.8) is 0 Å². The fourth-order valence-corrected chi connectivity index (χ4v) is 1.54. The molecule has 1 heterocycles. The Hall–Kier alpha value is -1.63. The Morgan fingerprint density at radius 2 is 1.76 bits per heavy atom. The van der Waals surface area contributed by atoms with E-state index in [1.54, 1.807) is 0 Å². The number of esters is 2. The summed E-state index contributed by atoms with van der Waals surface area (Å²) in [4.78, 5) is 33.1. The predicted octanol–water partition coefficient (Wildman–Crippen LogP) is -0.658. The third-order valence-electron chi connectivity index (χ3n) is 2.19. The first-order valence-electron chi connectivity index (χ1n) is 5.15. The topological polar surface area (TPSA) is 90.9 Å². The van der Waals surface area contributed by atoms with Gasteiger partial charge >= 0.3 is 11.9 Å². The molecule has 0 aromatic rings. The zero-order valence-corrected chi connectivity index (χ0v) is 9.89. The van der Waals surface area contributed by atoms with E-state index < -0.39 is 30.4 Å². The highest BCUT2D eigenvalue weighted by molar-refractivity contribution is 5.81. The van der Waals surface area contributed by atoms with Gasteiger partial charge in [0.1, 0.15) is 6.10 Å². The number of rotatable bonds is 3. The van der Waals surface area contributed by atoms with E-state index in [0.29, 0.717) is 0 Å². The van der Waals surface area contributed by atoms with Crippen molar-refractivity contribution in [2.24, 2.45) is 0 Å². The lowest BCUT2D eigenvalue weighted by Crippen LogP contribution is -2.32. The van der Waals surface area contributed by atoms with E-state index in [1.165, 1.54) is 20.9 Å². The van der Waals surface area contributed by atoms with Crippen LogP contribution in [0, 0.1) is 0 Å². The van der Waals surface area contributed by atoms with Gasteiger partial charge in [-0.3, -0.25) is 14.4 Å². The van der Waals surface area contributed by atoms with Crippen LogP contribution >= 0.6 is 0 Å². The molecule has 1 aliphatic rings. The molecule has 1 fully saturated rings. The van der Waals surface area contributed by atoms with Gasteiger partial charge in [0.25, 0.3) is 0 Å². The molecule has 7 heteroatoms. The van der Waals surface area contributed by atoms with Crippen molar-refractivity contribution in [2.75, 3.05) is 7.05 Å². The Kier molecular flexibility index (Phi) is 4.45. The first kappa shape index (κ1) is 13.4. The number of carbonyl (C=O) groups is 3. The van der Waals surface area contributed by atoms with Crippen molar-refractivity contribution in [2.45, 2.75) is 38.8 Å². The maximum absolute atomic E-state index is 11.4. The molecule has 0 spiro atoms. The van der Waals surface area contributed by atoms with Crippen molar-refractivity contribution in [3.05, 3.63) is 0 Å². The normalized spacial score (nSPS) is 27.4. The molecule has 17 heavy (non-hydrogen) atoms. The minimum atomic E-state index is -1.03. The van der Waals surface area contributed by atoms with E-state index in [-0.39, 0.29) is 12.3 Å². The molecule has 1 saturated heterocycles. The lowest BCUT2D eigenvalue weighted by molar-refractivity contribution is -0.194. The molecule has 0 aromatic carbocycles. The van der Waals surface area contributed by atoms with Gasteiger partial charge in [0.15, 0.2) is 6.10 Å². The van der Waals surface area contributed by atoms with Crippen molar-refractivity contribution < 1.29 is 28.6 Å². The summed E-state index contributed by atoms with van der Waals surface area (Å²) in [7, 11) is 1.46. The molecular weight excluding hydrogens is 230 g/mol. The van der Waals surface area contributed by atoms with Gasteiger partial charge in [-0.1, -0.05) is 0 Å². The Balaban J connectivity index is 2.67. The maximum Gasteiger partial charge on any atom is 0.305 e. The number of ether oxygens (including phenoxy) is 3. The number of carbonyl (C=O) groups excluding carboxylic acids is 3. The number of nitrogens with one attached hydrogen (secondary N) is 1. The smallest absolute Gasteiger partial charge is 0.305 e. The summed E-state index contributed by atoms with van der Waals surface area (Å²) in [5.41, 5.74) is 0. The van der Waals surface area contributed by atoms with Crippen LogP contribution in [0.4, 0.5) is 0 Å². The highest BCUT2D eigenvalue weighted by Gasteiger charge is 2.42. The molecule has 3 atom stereocenters. The van der Waals surface area contributed by atoms with Gasteiger partial charge in [0.05, 0.1) is 0 Å². The van der Waals surface area contributed by atoms with Crippen molar-refractivity contribution in [1.82, 2.24) is 5.32 Å². The molecule has 0 aromatic heterocycles. The fourth-order valence-electron chi connectivity index (χ4n) is 1.54. The molecule has 96 valence electrons. The third kappa shape index (κ3) is 3.70. The predicted molar refractivity (Wildman–Crippen MR) is 54.7 cm³/mol. The molecule has 1 rings (SSSR count). The Labute approximate surface area is 98.4 Å². The van der Waals surface area contributed by atoms with E-state index in [9.17, 15) is 14.4 Å². The van der Waals surface area contributed by atoms with Crippen LogP contribution in [0.5, 0.6) is 0 Å². The zero-order valence-electron chi connectivity index (χ0n) is 9.89. The lowest BCUT2D eigenvalue weighted by atomic mass is 10.2. The fraction of sp³-hybridized carbons (Fsp3) is 0.700. The molecule has 7 nitrogen and oxygen atoms in total. The van der Waals surface area contributed by atoms with Crippen molar-refractivity contribution >= 4 is 17.8 Å². The van der Waals surface area contributed by atoms with Crippen LogP contribution in [0.3, 0.4) is 0 Å². The summed E-state index contributed by atoms with van der Waals surface area (Å²) in [6.45, 7) is 2.44. The standard InChI is InChI=1S/C10H15NO6/c1-5(12)15-8-4-7(9(14)11-3)17-10(8)16-6(2)13/h7-8,10H,4H2,1-3H3,(H,11,14)/t7-,8+,10+/m0/s1. The molecule has 0 bridgehead atoms. The van der Waals surface area contributed by atoms with Crippen LogP contribution in [0.2, 0.25) is 0 Å². The Morgan fingerprint density at radius 1 is 1.18 bits per heavy atom. The summed E-state index contributed by atoms with van der Waals surface area (Å²) in [6, 6.07) is 0. The van der Waals surface area contributed by atoms with Gasteiger partial charge in [0.2, 0.25) is 12.2 Å². The quantitative estimate of drug-likeness (QED) is 0.664. The number of amides is 1. The minimum absolute atomic E-state index is 0.164. The molecule has 1 amide bonds. The molecule has 0 saturated carbocycles. The second-order valence-corrected chi connectivity index (χ2v) is 3.60. The lowest BCUT2D eigenvalue weighted by Gasteiger charge is -2.17. The van der Waals surface area contributed by atoms with Crippen LogP contribution in [-0.2, 0) is 28.6 Å². The van der Waals surface area contributed by atoms with Gasteiger partial charge in [-0.05, 0) is 0 Å². The number of likely N-dealkylation sites (N-methyl/N-ethyl adjacent to an activating group) is 1. The molecular formula is C10H15NO6. The second-order valence-electron chi connectivity index (χ2n) is 3.60. The van der Waals surface area contributed by atoms with E-state index in [2.05, 4.69) is 5.32 Å². The summed E-state index contributed by atoms with van der Waals surface area (Å²) < 4.78 is 15.0. The van der Waals surface area contributed by atoms with Crippen LogP contribution in [0.15, 0.2) is 0 Å². The van der Waals surface area contributed by atoms with Crippen LogP contribution < -0.4 is 5.32 Å². The maximum atomic E-state index is 11.4. The van der Waals surface area contributed by atoms with E-state index in [0.717, 1.165) is 0 Å². The van der Waals surface area contributed by atoms with Gasteiger partial charge in [-0.2, -0.15) is 0 Å². The summed E-state index contributed by atoms with van der Waals surface area (Å²) >= 11 is 0. The van der Waals surface area contributed by atoms with Gasteiger partial charge in [-0.15, -0.1) is 0 Å². The van der Waals surface area contributed by atoms with E-state index >= 15 is 0 Å². The largest absolute Gasteiger partial charge is 0.456 e. The number of hydrogen-bond acceptors (Lipinski definition) is 6. The first-order chi connectivity index (χ1) is 7.93. The molecule has 1 aliphatic heterocycles. The highest BCUT2D eigenvalue weighted by atomic mass is 16.7. The average molecular weight is 245 g/mol. The minimum Gasteiger partial charge on any atom is -0.456 e. The van der Waals surface area contributed by atoms with Crippen LogP contribution in [0.1, 0.15) is 20.3 Å². The SMILES string of the molecule is CNC(=O)[C@@H]1C[C@@H](OC(C)=O)[C@H](OC(C)=O)O1. The third-order valence-corrected chi connectivity index (χ3v) is 2.19. The van der Waals surface area contributed by atoms with Gasteiger partial charge < -0.3 is 19.5 Å². The summed E-state index contributed by atoms with van der Waals surface area (Å²) in [5, 5.41) is 2.41. The molecule has 0 unspecified atom stereocenters. The molecule has 0 aliphatic carbocycles. The zero-order chi connectivity index (χ0) is 13.0. The first-order valence-corrected chi connectivity index (χ1v) is 5.15. The van der Waals surface area contributed by atoms with E-state index in [1.807, 2.05) is 0 Å². The van der Waals surface area contributed by atoms with Crippen molar-refractivity contribution in [3.8, 4) is 0 Å². The number of hydrogen-bond donors (Lipinski definition) is 1. The average Bonchev–Trinajstić information content (AvgIpc) is 2.58.